The summed E-state index contributed by atoms with van der Waals surface area (Å²) in [5.41, 5.74) is 1.31. The average Bonchev–Trinajstić information content (AvgIpc) is 2.86. The van der Waals surface area contributed by atoms with E-state index in [4.69, 9.17) is 4.74 Å². The Morgan fingerprint density at radius 1 is 1.33 bits per heavy atom. The summed E-state index contributed by atoms with van der Waals surface area (Å²) in [5, 5.41) is 3.21. The first-order valence-corrected chi connectivity index (χ1v) is 6.88. The predicted molar refractivity (Wildman–Crippen MR) is 81.2 cm³/mol. The number of para-hydroxylation sites is 1. The van der Waals surface area contributed by atoms with Gasteiger partial charge in [0.25, 0.3) is 0 Å². The smallest absolute Gasteiger partial charge is 0.325 e. The lowest BCUT2D eigenvalue weighted by Crippen LogP contribution is -2.47. The van der Waals surface area contributed by atoms with Crippen molar-refractivity contribution in [2.75, 3.05) is 7.11 Å². The summed E-state index contributed by atoms with van der Waals surface area (Å²) >= 11 is 0. The number of carbonyl (C=O) groups excluding carboxylic acids is 1. The first-order chi connectivity index (χ1) is 9.95. The molecule has 0 aliphatic heterocycles. The predicted octanol–water partition coefficient (Wildman–Crippen LogP) is 2.22. The minimum atomic E-state index is -0.742. The zero-order chi connectivity index (χ0) is 15.5. The van der Waals surface area contributed by atoms with Gasteiger partial charge >= 0.3 is 5.97 Å². The number of esters is 1. The maximum atomic E-state index is 11.7. The SMILES string of the molecule is COC(=O)C(C)(C)NCc1cnc(C)n1-c1ccccc1. The molecule has 0 bridgehead atoms. The second-order valence-electron chi connectivity index (χ2n) is 5.44. The molecule has 0 unspecified atom stereocenters. The molecular weight excluding hydrogens is 266 g/mol. The lowest BCUT2D eigenvalue weighted by atomic mass is 10.1. The van der Waals surface area contributed by atoms with Gasteiger partial charge in [0.05, 0.1) is 19.0 Å². The minimum absolute atomic E-state index is 0.287. The van der Waals surface area contributed by atoms with Crippen LogP contribution in [0.25, 0.3) is 5.69 Å². The Morgan fingerprint density at radius 3 is 2.62 bits per heavy atom. The first kappa shape index (κ1) is 15.3. The molecule has 1 N–H and O–H groups in total. The number of hydrogen-bond donors (Lipinski definition) is 1. The van der Waals surface area contributed by atoms with Crippen molar-refractivity contribution in [2.45, 2.75) is 32.9 Å². The van der Waals surface area contributed by atoms with Crippen molar-refractivity contribution in [3.8, 4) is 5.69 Å². The third-order valence-corrected chi connectivity index (χ3v) is 3.43. The van der Waals surface area contributed by atoms with Gasteiger partial charge in [0.2, 0.25) is 0 Å². The Balaban J connectivity index is 2.21. The molecule has 21 heavy (non-hydrogen) atoms. The van der Waals surface area contributed by atoms with E-state index in [2.05, 4.69) is 14.9 Å². The highest BCUT2D eigenvalue weighted by molar-refractivity contribution is 5.79. The normalized spacial score (nSPS) is 11.4. The largest absolute Gasteiger partial charge is 0.468 e. The summed E-state index contributed by atoms with van der Waals surface area (Å²) in [4.78, 5) is 16.1. The zero-order valence-corrected chi connectivity index (χ0v) is 12.9. The Kier molecular flexibility index (Phi) is 4.43. The molecule has 0 aliphatic carbocycles. The molecule has 0 saturated carbocycles. The molecule has 5 heteroatoms. The third kappa shape index (κ3) is 3.31. The van der Waals surface area contributed by atoms with Gasteiger partial charge in [-0.15, -0.1) is 0 Å². The van der Waals surface area contributed by atoms with E-state index in [1.165, 1.54) is 7.11 Å². The summed E-state index contributed by atoms with van der Waals surface area (Å²) in [7, 11) is 1.39. The van der Waals surface area contributed by atoms with Crippen LogP contribution in [0, 0.1) is 6.92 Å². The van der Waals surface area contributed by atoms with Crippen molar-refractivity contribution >= 4 is 5.97 Å². The number of benzene rings is 1. The maximum absolute atomic E-state index is 11.7. The number of aryl methyl sites for hydroxylation is 1. The molecule has 0 atom stereocenters. The molecule has 0 saturated heterocycles. The van der Waals surface area contributed by atoms with Crippen molar-refractivity contribution in [2.24, 2.45) is 0 Å². The minimum Gasteiger partial charge on any atom is -0.468 e. The molecule has 0 amide bonds. The van der Waals surface area contributed by atoms with Crippen LogP contribution in [-0.4, -0.2) is 28.2 Å². The van der Waals surface area contributed by atoms with E-state index in [0.717, 1.165) is 17.2 Å². The number of imidazole rings is 1. The summed E-state index contributed by atoms with van der Waals surface area (Å²) in [6.07, 6.45) is 1.82. The van der Waals surface area contributed by atoms with Crippen molar-refractivity contribution in [3.63, 3.8) is 0 Å². The molecular formula is C16H21N3O2. The number of ether oxygens (including phenoxy) is 1. The molecule has 0 aliphatic rings. The van der Waals surface area contributed by atoms with E-state index in [9.17, 15) is 4.79 Å². The fourth-order valence-electron chi connectivity index (χ4n) is 2.18. The van der Waals surface area contributed by atoms with Gasteiger partial charge in [0.15, 0.2) is 0 Å². The molecule has 2 rings (SSSR count). The third-order valence-electron chi connectivity index (χ3n) is 3.43. The summed E-state index contributed by atoms with van der Waals surface area (Å²) in [5.74, 6) is 0.624. The monoisotopic (exact) mass is 287 g/mol. The van der Waals surface area contributed by atoms with Gasteiger partial charge in [-0.25, -0.2) is 4.98 Å². The summed E-state index contributed by atoms with van der Waals surface area (Å²) < 4.78 is 6.87. The van der Waals surface area contributed by atoms with Gasteiger partial charge in [-0.3, -0.25) is 14.7 Å². The summed E-state index contributed by atoms with van der Waals surface area (Å²) in [6.45, 7) is 6.09. The highest BCUT2D eigenvalue weighted by Gasteiger charge is 2.28. The highest BCUT2D eigenvalue weighted by Crippen LogP contribution is 2.15. The van der Waals surface area contributed by atoms with Gasteiger partial charge in [0, 0.05) is 12.2 Å². The second-order valence-corrected chi connectivity index (χ2v) is 5.44. The van der Waals surface area contributed by atoms with E-state index < -0.39 is 5.54 Å². The lowest BCUT2D eigenvalue weighted by molar-refractivity contribution is -0.147. The van der Waals surface area contributed by atoms with Crippen LogP contribution in [0.5, 0.6) is 0 Å². The Hall–Kier alpha value is -2.14. The van der Waals surface area contributed by atoms with Crippen molar-refractivity contribution in [1.29, 1.82) is 0 Å². The van der Waals surface area contributed by atoms with Gasteiger partial charge in [-0.05, 0) is 32.9 Å². The first-order valence-electron chi connectivity index (χ1n) is 6.88. The van der Waals surface area contributed by atoms with Crippen molar-refractivity contribution in [1.82, 2.24) is 14.9 Å². The Morgan fingerprint density at radius 2 is 2.00 bits per heavy atom. The molecule has 5 nitrogen and oxygen atoms in total. The zero-order valence-electron chi connectivity index (χ0n) is 12.9. The number of nitrogens with one attached hydrogen (secondary N) is 1. The van der Waals surface area contributed by atoms with Crippen molar-refractivity contribution in [3.05, 3.63) is 48.0 Å². The molecule has 1 aromatic carbocycles. The molecule has 0 spiro atoms. The number of rotatable bonds is 5. The fraction of sp³-hybridized carbons (Fsp3) is 0.375. The second kappa shape index (κ2) is 6.10. The Bertz CT molecular complexity index is 618. The Labute approximate surface area is 125 Å². The van der Waals surface area contributed by atoms with E-state index in [0.29, 0.717) is 6.54 Å². The standard InChI is InChI=1S/C16H21N3O2/c1-12-17-10-14(11-18-16(2,3)15(20)21-4)19(12)13-8-6-5-7-9-13/h5-10,18H,11H2,1-4H3. The molecule has 2 aromatic rings. The number of nitrogens with zero attached hydrogens (tertiary/aromatic N) is 2. The summed E-state index contributed by atoms with van der Waals surface area (Å²) in [6, 6.07) is 10.0. The van der Waals surface area contributed by atoms with Crippen LogP contribution in [0.3, 0.4) is 0 Å². The van der Waals surface area contributed by atoms with Crippen LogP contribution in [-0.2, 0) is 16.1 Å². The topological polar surface area (TPSA) is 56.1 Å². The van der Waals surface area contributed by atoms with Gasteiger partial charge in [-0.2, -0.15) is 0 Å². The fourth-order valence-corrected chi connectivity index (χ4v) is 2.18. The van der Waals surface area contributed by atoms with Gasteiger partial charge in [-0.1, -0.05) is 18.2 Å². The van der Waals surface area contributed by atoms with E-state index in [1.807, 2.05) is 43.5 Å². The molecule has 112 valence electrons. The lowest BCUT2D eigenvalue weighted by Gasteiger charge is -2.23. The molecule has 0 fully saturated rings. The number of carbonyl (C=O) groups is 1. The quantitative estimate of drug-likeness (QED) is 0.857. The van der Waals surface area contributed by atoms with Crippen LogP contribution < -0.4 is 5.32 Å². The van der Waals surface area contributed by atoms with Crippen LogP contribution in [0.2, 0.25) is 0 Å². The van der Waals surface area contributed by atoms with Crippen LogP contribution in [0.4, 0.5) is 0 Å². The van der Waals surface area contributed by atoms with E-state index in [1.54, 1.807) is 13.8 Å². The van der Waals surface area contributed by atoms with Gasteiger partial charge in [0.1, 0.15) is 11.4 Å². The van der Waals surface area contributed by atoms with Crippen LogP contribution >= 0.6 is 0 Å². The number of hydrogen-bond acceptors (Lipinski definition) is 4. The number of aromatic nitrogens is 2. The van der Waals surface area contributed by atoms with Crippen molar-refractivity contribution < 1.29 is 9.53 Å². The van der Waals surface area contributed by atoms with E-state index in [-0.39, 0.29) is 5.97 Å². The maximum Gasteiger partial charge on any atom is 0.325 e. The average molecular weight is 287 g/mol. The molecule has 1 aromatic heterocycles. The van der Waals surface area contributed by atoms with Gasteiger partial charge < -0.3 is 4.74 Å². The molecule has 0 radical (unpaired) electrons. The van der Waals surface area contributed by atoms with Crippen LogP contribution in [0.15, 0.2) is 36.5 Å². The van der Waals surface area contributed by atoms with E-state index >= 15 is 0 Å². The van der Waals surface area contributed by atoms with Crippen LogP contribution in [0.1, 0.15) is 25.4 Å². The highest BCUT2D eigenvalue weighted by atomic mass is 16.5. The molecule has 1 heterocycles. The number of methoxy groups -OCH3 is 1.